The van der Waals surface area contributed by atoms with E-state index in [0.29, 0.717) is 18.5 Å². The first kappa shape index (κ1) is 24.2. The summed E-state index contributed by atoms with van der Waals surface area (Å²) >= 11 is 1.48. The van der Waals surface area contributed by atoms with E-state index in [2.05, 4.69) is 49.4 Å². The first-order valence-electron chi connectivity index (χ1n) is 13.5. The van der Waals surface area contributed by atoms with Gasteiger partial charge < -0.3 is 15.0 Å². The first-order valence-corrected chi connectivity index (χ1v) is 14.3. The summed E-state index contributed by atoms with van der Waals surface area (Å²) in [6.45, 7) is 8.50. The highest BCUT2D eigenvalue weighted by Crippen LogP contribution is 2.31. The van der Waals surface area contributed by atoms with E-state index in [9.17, 15) is 0 Å². The second kappa shape index (κ2) is 10.7. The lowest BCUT2D eigenvalue weighted by molar-refractivity contribution is 0.0662. The Hall–Kier alpha value is -2.14. The van der Waals surface area contributed by atoms with Gasteiger partial charge in [0.05, 0.1) is 23.3 Å². The Morgan fingerprint density at radius 3 is 2.56 bits per heavy atom. The Kier molecular flexibility index (Phi) is 7.19. The molecule has 1 aliphatic carbocycles. The summed E-state index contributed by atoms with van der Waals surface area (Å²) in [4.78, 5) is 16.0. The van der Waals surface area contributed by atoms with Gasteiger partial charge in [0.25, 0.3) is 0 Å². The molecule has 36 heavy (non-hydrogen) atoms. The molecule has 1 N–H and O–H groups in total. The van der Waals surface area contributed by atoms with Gasteiger partial charge in [-0.2, -0.15) is 9.47 Å². The van der Waals surface area contributed by atoms with Crippen molar-refractivity contribution >= 4 is 27.6 Å². The van der Waals surface area contributed by atoms with Crippen LogP contribution in [0, 0.1) is 6.92 Å². The monoisotopic (exact) mass is 510 g/mol. The van der Waals surface area contributed by atoms with Crippen LogP contribution < -0.4 is 5.32 Å². The molecule has 6 rings (SSSR count). The molecule has 0 bridgehead atoms. The van der Waals surface area contributed by atoms with Crippen molar-refractivity contribution < 1.29 is 4.74 Å². The molecular formula is C26H38N8OS. The summed E-state index contributed by atoms with van der Waals surface area (Å²) in [6, 6.07) is 1.61. The van der Waals surface area contributed by atoms with Crippen LogP contribution >= 0.6 is 11.5 Å². The van der Waals surface area contributed by atoms with Crippen molar-refractivity contribution in [3.63, 3.8) is 0 Å². The summed E-state index contributed by atoms with van der Waals surface area (Å²) in [5.74, 6) is 1.80. The number of aromatic nitrogens is 5. The van der Waals surface area contributed by atoms with Crippen LogP contribution in [-0.4, -0.2) is 92.4 Å². The minimum atomic E-state index is 0.429. The van der Waals surface area contributed by atoms with Crippen LogP contribution in [0.3, 0.4) is 0 Å². The van der Waals surface area contributed by atoms with Crippen molar-refractivity contribution in [2.75, 3.05) is 51.8 Å². The Balaban J connectivity index is 1.14. The third-order valence-corrected chi connectivity index (χ3v) is 9.06. The maximum atomic E-state index is 5.51. The molecule has 194 valence electrons. The van der Waals surface area contributed by atoms with Gasteiger partial charge in [0.1, 0.15) is 16.5 Å². The number of likely N-dealkylation sites (N-methyl/N-ethyl adjacent to an activating group) is 1. The maximum Gasteiger partial charge on any atom is 0.149 e. The van der Waals surface area contributed by atoms with Crippen LogP contribution in [0.1, 0.15) is 61.6 Å². The molecule has 3 aromatic heterocycles. The summed E-state index contributed by atoms with van der Waals surface area (Å²) < 4.78 is 12.2. The molecule has 2 aliphatic heterocycles. The number of hydrogen-bond donors (Lipinski definition) is 1. The highest BCUT2D eigenvalue weighted by atomic mass is 32.1. The lowest BCUT2D eigenvalue weighted by Crippen LogP contribution is -2.50. The molecule has 0 atom stereocenters. The Morgan fingerprint density at radius 1 is 1.00 bits per heavy atom. The lowest BCUT2D eigenvalue weighted by atomic mass is 9.89. The van der Waals surface area contributed by atoms with Gasteiger partial charge in [0.15, 0.2) is 0 Å². The van der Waals surface area contributed by atoms with Gasteiger partial charge in [0.2, 0.25) is 0 Å². The summed E-state index contributed by atoms with van der Waals surface area (Å²) in [7, 11) is 2.23. The number of piperazine rings is 1. The fourth-order valence-electron chi connectivity index (χ4n) is 5.98. The number of ether oxygens (including phenoxy) is 1. The molecular weight excluding hydrogens is 472 g/mol. The molecule has 0 radical (unpaired) electrons. The molecule has 0 aromatic carbocycles. The molecule has 0 amide bonds. The van der Waals surface area contributed by atoms with Crippen molar-refractivity contribution in [2.24, 2.45) is 0 Å². The number of hydrogen-bond acceptors (Lipinski definition) is 9. The summed E-state index contributed by atoms with van der Waals surface area (Å²) in [6.07, 6.45) is 11.7. The normalized spacial score (nSPS) is 24.9. The van der Waals surface area contributed by atoms with Crippen LogP contribution in [-0.2, 0) is 11.2 Å². The second-order valence-electron chi connectivity index (χ2n) is 10.8. The third-order valence-electron chi connectivity index (χ3n) is 8.23. The minimum absolute atomic E-state index is 0.429. The van der Waals surface area contributed by atoms with E-state index in [-0.39, 0.29) is 0 Å². The highest BCUT2D eigenvalue weighted by molar-refractivity contribution is 7.13. The number of fused-ring (bicyclic) bond motifs is 1. The quantitative estimate of drug-likeness (QED) is 0.540. The Morgan fingerprint density at radius 2 is 1.78 bits per heavy atom. The zero-order valence-electron chi connectivity index (χ0n) is 21.5. The van der Waals surface area contributed by atoms with Gasteiger partial charge in [-0.25, -0.2) is 9.97 Å². The SMILES string of the molecule is Cc1nsc2nc(Cc3cnn(C4CCOCC4)c3)nc(NC3CCC(N4CCN(C)CC4)CC3)c12. The molecule has 10 heteroatoms. The van der Waals surface area contributed by atoms with Crippen LogP contribution in [0.4, 0.5) is 5.82 Å². The van der Waals surface area contributed by atoms with E-state index in [1.54, 1.807) is 0 Å². The van der Waals surface area contributed by atoms with Crippen molar-refractivity contribution in [3.8, 4) is 0 Å². The zero-order chi connectivity index (χ0) is 24.5. The van der Waals surface area contributed by atoms with Crippen molar-refractivity contribution in [1.82, 2.24) is 33.9 Å². The van der Waals surface area contributed by atoms with E-state index in [1.807, 2.05) is 6.20 Å². The fraction of sp³-hybridized carbons (Fsp3) is 0.692. The minimum Gasteiger partial charge on any atom is -0.381 e. The van der Waals surface area contributed by atoms with E-state index in [4.69, 9.17) is 14.7 Å². The van der Waals surface area contributed by atoms with E-state index in [1.165, 1.54) is 63.4 Å². The summed E-state index contributed by atoms with van der Waals surface area (Å²) in [5.41, 5.74) is 2.17. The predicted octanol–water partition coefficient (Wildman–Crippen LogP) is 3.50. The number of nitrogens with zero attached hydrogens (tertiary/aromatic N) is 7. The van der Waals surface area contributed by atoms with Crippen LogP contribution in [0.2, 0.25) is 0 Å². The molecule has 2 saturated heterocycles. The number of nitrogens with one attached hydrogen (secondary N) is 1. The lowest BCUT2D eigenvalue weighted by Gasteiger charge is -2.41. The summed E-state index contributed by atoms with van der Waals surface area (Å²) in [5, 5.41) is 9.55. The standard InChI is InChI=1S/C26H38N8OS/c1-18-24-25(28-20-3-5-21(6-4-20)33-11-9-32(2)10-12-33)29-23(30-26(24)36-31-18)15-19-16-27-34(17-19)22-7-13-35-14-8-22/h16-17,20-22H,3-15H2,1-2H3,(H,28,29,30). The smallest absolute Gasteiger partial charge is 0.149 e. The van der Waals surface area contributed by atoms with Crippen molar-refractivity contribution in [2.45, 2.75) is 70.0 Å². The van der Waals surface area contributed by atoms with E-state index >= 15 is 0 Å². The highest BCUT2D eigenvalue weighted by Gasteiger charge is 2.28. The number of aryl methyl sites for hydroxylation is 1. The number of anilines is 1. The second-order valence-corrected chi connectivity index (χ2v) is 11.5. The van der Waals surface area contributed by atoms with Crippen LogP contribution in [0.25, 0.3) is 10.2 Å². The number of rotatable bonds is 6. The van der Waals surface area contributed by atoms with Gasteiger partial charge in [-0.15, -0.1) is 0 Å². The van der Waals surface area contributed by atoms with Crippen LogP contribution in [0.15, 0.2) is 12.4 Å². The maximum absolute atomic E-state index is 5.51. The average Bonchev–Trinajstić information content (AvgIpc) is 3.52. The van der Waals surface area contributed by atoms with E-state index in [0.717, 1.165) is 65.2 Å². The molecule has 0 unspecified atom stereocenters. The first-order chi connectivity index (χ1) is 17.6. The molecule has 1 saturated carbocycles. The Labute approximate surface area is 217 Å². The molecule has 9 nitrogen and oxygen atoms in total. The molecule has 3 fully saturated rings. The fourth-order valence-corrected chi connectivity index (χ4v) is 6.78. The molecule has 3 aromatic rings. The van der Waals surface area contributed by atoms with Gasteiger partial charge in [-0.1, -0.05) is 0 Å². The van der Waals surface area contributed by atoms with Gasteiger partial charge in [-0.3, -0.25) is 9.58 Å². The topological polar surface area (TPSA) is 84.2 Å². The van der Waals surface area contributed by atoms with Crippen LogP contribution in [0.5, 0.6) is 0 Å². The molecule has 0 spiro atoms. The predicted molar refractivity (Wildman–Crippen MR) is 143 cm³/mol. The zero-order valence-corrected chi connectivity index (χ0v) is 22.3. The largest absolute Gasteiger partial charge is 0.381 e. The van der Waals surface area contributed by atoms with Gasteiger partial charge >= 0.3 is 0 Å². The Bertz CT molecular complexity index is 1160. The van der Waals surface area contributed by atoms with Gasteiger partial charge in [-0.05, 0) is 69.6 Å². The van der Waals surface area contributed by atoms with E-state index < -0.39 is 0 Å². The molecule has 3 aliphatic rings. The molecule has 5 heterocycles. The average molecular weight is 511 g/mol. The van der Waals surface area contributed by atoms with Crippen molar-refractivity contribution in [1.29, 1.82) is 0 Å². The van der Waals surface area contributed by atoms with Crippen molar-refractivity contribution in [3.05, 3.63) is 29.5 Å². The third kappa shape index (κ3) is 5.27. The van der Waals surface area contributed by atoms with Gasteiger partial charge in [0, 0.05) is 64.1 Å².